The normalized spacial score (nSPS) is 14.8. The van der Waals surface area contributed by atoms with Crippen molar-refractivity contribution in [3.63, 3.8) is 0 Å². The van der Waals surface area contributed by atoms with E-state index in [1.165, 1.54) is 17.1 Å². The van der Waals surface area contributed by atoms with E-state index in [4.69, 9.17) is 0 Å². The minimum atomic E-state index is -0.0843. The van der Waals surface area contributed by atoms with Gasteiger partial charge in [-0.15, -0.1) is 0 Å². The summed E-state index contributed by atoms with van der Waals surface area (Å²) in [4.78, 5) is 25.7. The molecule has 1 aliphatic rings. The van der Waals surface area contributed by atoms with Gasteiger partial charge in [-0.25, -0.2) is 4.98 Å². The molecule has 29 heavy (non-hydrogen) atoms. The Kier molecular flexibility index (Phi) is 7.40. The maximum absolute atomic E-state index is 12.3. The van der Waals surface area contributed by atoms with Gasteiger partial charge in [0.15, 0.2) is 5.96 Å². The summed E-state index contributed by atoms with van der Waals surface area (Å²) in [6.45, 7) is 7.70. The number of hydrogen-bond donors (Lipinski definition) is 2. The van der Waals surface area contributed by atoms with Crippen molar-refractivity contribution < 1.29 is 4.79 Å². The number of nitrogens with zero attached hydrogens (tertiary/aromatic N) is 5. The third-order valence-corrected chi connectivity index (χ3v) is 5.68. The van der Waals surface area contributed by atoms with Crippen LogP contribution >= 0.6 is 11.5 Å². The fourth-order valence-corrected chi connectivity index (χ4v) is 3.99. The highest BCUT2D eigenvalue weighted by Crippen LogP contribution is 2.19. The zero-order valence-corrected chi connectivity index (χ0v) is 18.1. The van der Waals surface area contributed by atoms with Crippen LogP contribution in [0.15, 0.2) is 29.3 Å². The molecule has 0 bridgehead atoms. The summed E-state index contributed by atoms with van der Waals surface area (Å²) < 4.78 is 4.37. The van der Waals surface area contributed by atoms with E-state index in [0.717, 1.165) is 61.6 Å². The van der Waals surface area contributed by atoms with Crippen LogP contribution in [0.2, 0.25) is 0 Å². The van der Waals surface area contributed by atoms with Gasteiger partial charge in [0.25, 0.3) is 0 Å². The molecule has 0 aliphatic carbocycles. The second kappa shape index (κ2) is 10.2. The number of aromatic nitrogens is 2. The molecule has 2 N–H and O–H groups in total. The number of benzene rings is 1. The molecule has 1 fully saturated rings. The lowest BCUT2D eigenvalue weighted by atomic mass is 10.1. The maximum atomic E-state index is 12.3. The second-order valence-electron chi connectivity index (χ2n) is 6.82. The largest absolute Gasteiger partial charge is 0.347 e. The Morgan fingerprint density at radius 3 is 2.66 bits per heavy atom. The van der Waals surface area contributed by atoms with Crippen molar-refractivity contribution in [1.82, 2.24) is 19.6 Å². The molecule has 0 radical (unpaired) electrons. The average molecular weight is 416 g/mol. The highest BCUT2D eigenvalue weighted by molar-refractivity contribution is 7.09. The number of hydrogen-bond acceptors (Lipinski definition) is 6. The van der Waals surface area contributed by atoms with Gasteiger partial charge in [0.1, 0.15) is 5.82 Å². The van der Waals surface area contributed by atoms with Crippen LogP contribution in [-0.4, -0.2) is 65.9 Å². The summed E-state index contributed by atoms with van der Waals surface area (Å²) in [5.41, 5.74) is 2.02. The molecule has 0 unspecified atom stereocenters. The molecule has 1 aromatic carbocycles. The van der Waals surface area contributed by atoms with Crippen LogP contribution in [0.4, 0.5) is 10.8 Å². The van der Waals surface area contributed by atoms with Gasteiger partial charge in [0.2, 0.25) is 11.0 Å². The Bertz CT molecular complexity index is 843. The predicted octanol–water partition coefficient (Wildman–Crippen LogP) is 2.00. The lowest BCUT2D eigenvalue weighted by Gasteiger charge is -2.36. The van der Waals surface area contributed by atoms with E-state index in [1.54, 1.807) is 7.05 Å². The summed E-state index contributed by atoms with van der Waals surface area (Å²) in [5.74, 6) is 1.56. The molecule has 2 aromatic rings. The minimum Gasteiger partial charge on any atom is -0.347 e. The van der Waals surface area contributed by atoms with E-state index >= 15 is 0 Å². The monoisotopic (exact) mass is 415 g/mol. The highest BCUT2D eigenvalue weighted by atomic mass is 32.1. The molecule has 0 spiro atoms. The Labute approximate surface area is 176 Å². The summed E-state index contributed by atoms with van der Waals surface area (Å²) in [6, 6.07) is 7.92. The molecule has 1 saturated heterocycles. The van der Waals surface area contributed by atoms with Gasteiger partial charge in [-0.3, -0.25) is 9.79 Å². The van der Waals surface area contributed by atoms with Crippen molar-refractivity contribution in [1.29, 1.82) is 0 Å². The molecule has 3 rings (SSSR count). The maximum Gasteiger partial charge on any atom is 0.243 e. The van der Waals surface area contributed by atoms with Gasteiger partial charge >= 0.3 is 0 Å². The van der Waals surface area contributed by atoms with Crippen LogP contribution in [0, 0.1) is 0 Å². The van der Waals surface area contributed by atoms with E-state index in [1.807, 2.05) is 18.2 Å². The number of carbonyl (C=O) groups excluding carboxylic acids is 1. The molecule has 1 aliphatic heterocycles. The quantitative estimate of drug-likeness (QED) is 0.554. The predicted molar refractivity (Wildman–Crippen MR) is 119 cm³/mol. The third kappa shape index (κ3) is 5.66. The number of nitrogens with one attached hydrogen (secondary N) is 2. The van der Waals surface area contributed by atoms with E-state index in [-0.39, 0.29) is 12.5 Å². The molecule has 0 atom stereocenters. The van der Waals surface area contributed by atoms with Gasteiger partial charge in [-0.1, -0.05) is 26.0 Å². The summed E-state index contributed by atoms with van der Waals surface area (Å²) >= 11 is 1.46. The number of amides is 1. The van der Waals surface area contributed by atoms with E-state index in [2.05, 4.69) is 54.7 Å². The fraction of sp³-hybridized carbons (Fsp3) is 0.500. The molecule has 2 heterocycles. The number of rotatable bonds is 6. The minimum absolute atomic E-state index is 0.0843. The Balaban J connectivity index is 1.47. The zero-order chi connectivity index (χ0) is 20.6. The van der Waals surface area contributed by atoms with Crippen molar-refractivity contribution in [2.45, 2.75) is 26.7 Å². The first-order valence-electron chi connectivity index (χ1n) is 10.0. The first kappa shape index (κ1) is 21.0. The first-order valence-corrected chi connectivity index (χ1v) is 10.8. The molecule has 9 heteroatoms. The van der Waals surface area contributed by atoms with Crippen molar-refractivity contribution in [3.05, 3.63) is 35.7 Å². The summed E-state index contributed by atoms with van der Waals surface area (Å²) in [5, 5.41) is 7.10. The molecule has 156 valence electrons. The van der Waals surface area contributed by atoms with Crippen molar-refractivity contribution in [2.24, 2.45) is 4.99 Å². The molecular weight excluding hydrogens is 386 g/mol. The van der Waals surface area contributed by atoms with E-state index in [0.29, 0.717) is 0 Å². The number of aryl methyl sites for hydroxylation is 2. The molecular formula is C20H29N7OS. The number of guanidine groups is 1. The van der Waals surface area contributed by atoms with Crippen LogP contribution in [0.1, 0.15) is 25.2 Å². The van der Waals surface area contributed by atoms with E-state index in [9.17, 15) is 4.79 Å². The third-order valence-electron chi connectivity index (χ3n) is 4.86. The molecule has 8 nitrogen and oxygen atoms in total. The van der Waals surface area contributed by atoms with Gasteiger partial charge in [-0.05, 0) is 24.1 Å². The SMILES string of the molecule is CCc1cccc(NC(=O)CNC(=NC)N2CCN(c3nc(CC)ns3)CC2)c1. The Hall–Kier alpha value is -2.68. The number of carbonyl (C=O) groups is 1. The second-order valence-corrected chi connectivity index (χ2v) is 7.55. The fourth-order valence-electron chi connectivity index (χ4n) is 3.19. The first-order chi connectivity index (χ1) is 14.1. The standard InChI is InChI=1S/C20H29N7OS/c1-4-15-7-6-8-16(13-15)23-18(28)14-22-19(21-3)26-9-11-27(12-10-26)20-24-17(5-2)25-29-20/h6-8,13H,4-5,9-12,14H2,1-3H3,(H,21,22)(H,23,28). The van der Waals surface area contributed by atoms with Crippen molar-refractivity contribution in [2.75, 3.05) is 50.0 Å². The van der Waals surface area contributed by atoms with Crippen molar-refractivity contribution >= 4 is 34.2 Å². The van der Waals surface area contributed by atoms with Crippen LogP contribution in [0.5, 0.6) is 0 Å². The number of piperazine rings is 1. The number of aliphatic imine (C=N–C) groups is 1. The lowest BCUT2D eigenvalue weighted by Crippen LogP contribution is -2.53. The Morgan fingerprint density at radius 1 is 1.21 bits per heavy atom. The summed E-state index contributed by atoms with van der Waals surface area (Å²) in [7, 11) is 1.75. The van der Waals surface area contributed by atoms with Gasteiger partial charge in [0.05, 0.1) is 6.54 Å². The van der Waals surface area contributed by atoms with Crippen LogP contribution in [0.25, 0.3) is 0 Å². The lowest BCUT2D eigenvalue weighted by molar-refractivity contribution is -0.115. The van der Waals surface area contributed by atoms with Crippen LogP contribution in [-0.2, 0) is 17.6 Å². The van der Waals surface area contributed by atoms with Crippen molar-refractivity contribution in [3.8, 4) is 0 Å². The Morgan fingerprint density at radius 2 is 2.00 bits per heavy atom. The van der Waals surface area contributed by atoms with Gasteiger partial charge in [0, 0.05) is 56.9 Å². The van der Waals surface area contributed by atoms with E-state index < -0.39 is 0 Å². The highest BCUT2D eigenvalue weighted by Gasteiger charge is 2.22. The zero-order valence-electron chi connectivity index (χ0n) is 17.3. The molecule has 1 aromatic heterocycles. The molecule has 0 saturated carbocycles. The molecule has 1 amide bonds. The average Bonchev–Trinajstić information content (AvgIpc) is 3.24. The van der Waals surface area contributed by atoms with Gasteiger partial charge < -0.3 is 20.4 Å². The topological polar surface area (TPSA) is 85.8 Å². The number of anilines is 2. The smallest absolute Gasteiger partial charge is 0.243 e. The summed E-state index contributed by atoms with van der Waals surface area (Å²) in [6.07, 6.45) is 1.80. The van der Waals surface area contributed by atoms with Crippen LogP contribution in [0.3, 0.4) is 0 Å². The van der Waals surface area contributed by atoms with Crippen LogP contribution < -0.4 is 15.5 Å². The van der Waals surface area contributed by atoms with Gasteiger partial charge in [-0.2, -0.15) is 4.37 Å².